The zero-order valence-corrected chi connectivity index (χ0v) is 12.8. The van der Waals surface area contributed by atoms with Gasteiger partial charge in [-0.15, -0.1) is 11.3 Å². The van der Waals surface area contributed by atoms with Crippen molar-refractivity contribution in [2.24, 2.45) is 5.14 Å². The molecule has 0 atom stereocenters. The molecule has 0 spiro atoms. The molecule has 1 aromatic heterocycles. The maximum atomic E-state index is 12.3. The van der Waals surface area contributed by atoms with Gasteiger partial charge in [-0.1, -0.05) is 0 Å². The summed E-state index contributed by atoms with van der Waals surface area (Å²) in [4.78, 5) is 13.9. The fourth-order valence-electron chi connectivity index (χ4n) is 1.53. The van der Waals surface area contributed by atoms with Crippen molar-refractivity contribution in [3.8, 4) is 0 Å². The first-order valence-electron chi connectivity index (χ1n) is 5.68. The highest BCUT2D eigenvalue weighted by Gasteiger charge is 2.21. The second-order valence-electron chi connectivity index (χ2n) is 4.28. The third kappa shape index (κ3) is 4.27. The number of ether oxygens (including phenoxy) is 1. The molecule has 1 amide bonds. The number of hydrogen-bond donors (Lipinski definition) is 1. The van der Waals surface area contributed by atoms with Crippen LogP contribution in [0.4, 0.5) is 0 Å². The molecule has 1 heterocycles. The Kier molecular flexibility index (Phi) is 5.48. The second-order valence-corrected chi connectivity index (χ2v) is 6.98. The molecular weight excluding hydrogens is 288 g/mol. The van der Waals surface area contributed by atoms with Crippen LogP contribution < -0.4 is 5.14 Å². The minimum Gasteiger partial charge on any atom is -0.383 e. The second kappa shape index (κ2) is 6.47. The number of methoxy groups -OCH3 is 1. The predicted octanol–water partition coefficient (Wildman–Crippen LogP) is 0.892. The zero-order chi connectivity index (χ0) is 14.6. The molecule has 0 bridgehead atoms. The maximum absolute atomic E-state index is 12.3. The van der Waals surface area contributed by atoms with Crippen LogP contribution in [0.15, 0.2) is 15.7 Å². The van der Waals surface area contributed by atoms with Gasteiger partial charge >= 0.3 is 0 Å². The van der Waals surface area contributed by atoms with Crippen molar-refractivity contribution < 1.29 is 17.9 Å². The lowest BCUT2D eigenvalue weighted by atomic mass is 10.2. The third-order valence-electron chi connectivity index (χ3n) is 2.52. The van der Waals surface area contributed by atoms with Gasteiger partial charge in [0.25, 0.3) is 5.91 Å². The molecule has 108 valence electrons. The van der Waals surface area contributed by atoms with Crippen molar-refractivity contribution in [2.75, 3.05) is 20.3 Å². The van der Waals surface area contributed by atoms with Crippen molar-refractivity contribution in [1.29, 1.82) is 0 Å². The van der Waals surface area contributed by atoms with Crippen LogP contribution in [0.25, 0.3) is 0 Å². The average Bonchev–Trinajstić information content (AvgIpc) is 2.77. The Morgan fingerprint density at radius 3 is 2.58 bits per heavy atom. The molecule has 0 aromatic carbocycles. The molecule has 8 heteroatoms. The van der Waals surface area contributed by atoms with Crippen LogP contribution in [-0.4, -0.2) is 45.5 Å². The normalized spacial score (nSPS) is 11.8. The molecule has 6 nitrogen and oxygen atoms in total. The summed E-state index contributed by atoms with van der Waals surface area (Å²) in [5.74, 6) is -0.224. The van der Waals surface area contributed by atoms with E-state index in [1.54, 1.807) is 12.0 Å². The van der Waals surface area contributed by atoms with Gasteiger partial charge in [-0.05, 0) is 19.9 Å². The first-order chi connectivity index (χ1) is 8.77. The molecule has 19 heavy (non-hydrogen) atoms. The first-order valence-corrected chi connectivity index (χ1v) is 8.11. The van der Waals surface area contributed by atoms with E-state index in [1.807, 2.05) is 13.8 Å². The standard InChI is InChI=1S/C11H18N2O4S2/c1-8(2)13(4-5-17-3)11(14)9-6-10(18-7-9)19(12,15)16/h6-8H,4-5H2,1-3H3,(H2,12,15,16). The predicted molar refractivity (Wildman–Crippen MR) is 73.7 cm³/mol. The fourth-order valence-corrected chi connectivity index (χ4v) is 3.11. The van der Waals surface area contributed by atoms with Crippen LogP contribution >= 0.6 is 11.3 Å². The van der Waals surface area contributed by atoms with E-state index < -0.39 is 10.0 Å². The number of rotatable bonds is 6. The number of amides is 1. The number of hydrogen-bond acceptors (Lipinski definition) is 5. The Hall–Kier alpha value is -0.960. The van der Waals surface area contributed by atoms with E-state index in [0.29, 0.717) is 18.7 Å². The van der Waals surface area contributed by atoms with Crippen molar-refractivity contribution in [3.63, 3.8) is 0 Å². The molecule has 0 saturated heterocycles. The van der Waals surface area contributed by atoms with Gasteiger partial charge in [0.1, 0.15) is 4.21 Å². The van der Waals surface area contributed by atoms with Gasteiger partial charge in [-0.3, -0.25) is 4.79 Å². The summed E-state index contributed by atoms with van der Waals surface area (Å²) in [6, 6.07) is 1.31. The Bertz CT molecular complexity index is 537. The SMILES string of the molecule is COCCN(C(=O)c1csc(S(N)(=O)=O)c1)C(C)C. The largest absolute Gasteiger partial charge is 0.383 e. The van der Waals surface area contributed by atoms with Crippen LogP contribution in [-0.2, 0) is 14.8 Å². The molecule has 0 fully saturated rings. The number of primary sulfonamides is 1. The minimum absolute atomic E-state index is 0.000448. The maximum Gasteiger partial charge on any atom is 0.255 e. The van der Waals surface area contributed by atoms with Gasteiger partial charge in [0, 0.05) is 25.1 Å². The topological polar surface area (TPSA) is 89.7 Å². The molecule has 1 rings (SSSR count). The van der Waals surface area contributed by atoms with Gasteiger partial charge in [-0.25, -0.2) is 13.6 Å². The Morgan fingerprint density at radius 2 is 2.16 bits per heavy atom. The molecule has 0 aliphatic heterocycles. The highest BCUT2D eigenvalue weighted by molar-refractivity contribution is 7.91. The lowest BCUT2D eigenvalue weighted by Gasteiger charge is -2.26. The van der Waals surface area contributed by atoms with Gasteiger partial charge in [0.15, 0.2) is 0 Å². The van der Waals surface area contributed by atoms with Crippen molar-refractivity contribution in [2.45, 2.75) is 24.1 Å². The van der Waals surface area contributed by atoms with Gasteiger partial charge < -0.3 is 9.64 Å². The summed E-state index contributed by atoms with van der Waals surface area (Å²) in [5, 5.41) is 6.53. The monoisotopic (exact) mass is 306 g/mol. The number of sulfonamides is 1. The van der Waals surface area contributed by atoms with Crippen LogP contribution in [0, 0.1) is 0 Å². The molecule has 0 aliphatic rings. The average molecular weight is 306 g/mol. The number of nitrogens with two attached hydrogens (primary N) is 1. The van der Waals surface area contributed by atoms with Gasteiger partial charge in [0.2, 0.25) is 10.0 Å². The molecule has 2 N–H and O–H groups in total. The van der Waals surface area contributed by atoms with E-state index in [4.69, 9.17) is 9.88 Å². The van der Waals surface area contributed by atoms with Crippen molar-refractivity contribution >= 4 is 27.3 Å². The summed E-state index contributed by atoms with van der Waals surface area (Å²) in [5.41, 5.74) is 0.332. The number of nitrogens with zero attached hydrogens (tertiary/aromatic N) is 1. The first kappa shape index (κ1) is 16.1. The van der Waals surface area contributed by atoms with Crippen LogP contribution in [0.2, 0.25) is 0 Å². The third-order valence-corrected chi connectivity index (χ3v) is 4.91. The minimum atomic E-state index is -3.76. The molecule has 0 radical (unpaired) electrons. The van der Waals surface area contributed by atoms with Crippen LogP contribution in [0.1, 0.15) is 24.2 Å². The number of carbonyl (C=O) groups excluding carboxylic acids is 1. The van der Waals surface area contributed by atoms with E-state index >= 15 is 0 Å². The quantitative estimate of drug-likeness (QED) is 0.845. The lowest BCUT2D eigenvalue weighted by molar-refractivity contribution is 0.0635. The number of thiophene rings is 1. The summed E-state index contributed by atoms with van der Waals surface area (Å²) in [6.45, 7) is 4.66. The Labute approximate surface area is 117 Å². The van der Waals surface area contributed by atoms with E-state index in [1.165, 1.54) is 11.4 Å². The van der Waals surface area contributed by atoms with Gasteiger partial charge in [0.05, 0.1) is 12.2 Å². The summed E-state index contributed by atoms with van der Waals surface area (Å²) in [6.07, 6.45) is 0. The zero-order valence-electron chi connectivity index (χ0n) is 11.1. The Morgan fingerprint density at radius 1 is 1.53 bits per heavy atom. The molecular formula is C11H18N2O4S2. The Balaban J connectivity index is 2.94. The molecule has 0 saturated carbocycles. The molecule has 0 unspecified atom stereocenters. The summed E-state index contributed by atoms with van der Waals surface area (Å²) in [7, 11) is -2.19. The molecule has 0 aliphatic carbocycles. The van der Waals surface area contributed by atoms with Crippen molar-refractivity contribution in [1.82, 2.24) is 4.90 Å². The van der Waals surface area contributed by atoms with Crippen LogP contribution in [0.5, 0.6) is 0 Å². The smallest absolute Gasteiger partial charge is 0.255 e. The highest BCUT2D eigenvalue weighted by Crippen LogP contribution is 2.20. The number of carbonyl (C=O) groups is 1. The summed E-state index contributed by atoms with van der Waals surface area (Å²) < 4.78 is 27.3. The molecule has 1 aromatic rings. The van der Waals surface area contributed by atoms with E-state index in [0.717, 1.165) is 11.3 Å². The van der Waals surface area contributed by atoms with Crippen LogP contribution in [0.3, 0.4) is 0 Å². The van der Waals surface area contributed by atoms with Gasteiger partial charge in [-0.2, -0.15) is 0 Å². The fraction of sp³-hybridized carbons (Fsp3) is 0.545. The van der Waals surface area contributed by atoms with E-state index in [9.17, 15) is 13.2 Å². The van der Waals surface area contributed by atoms with E-state index in [2.05, 4.69) is 0 Å². The highest BCUT2D eigenvalue weighted by atomic mass is 32.2. The van der Waals surface area contributed by atoms with Crippen molar-refractivity contribution in [3.05, 3.63) is 17.0 Å². The lowest BCUT2D eigenvalue weighted by Crippen LogP contribution is -2.39. The summed E-state index contributed by atoms with van der Waals surface area (Å²) >= 11 is 0.946. The van der Waals surface area contributed by atoms with E-state index in [-0.39, 0.29) is 16.2 Å².